The highest BCUT2D eigenvalue weighted by atomic mass is 16.2. The van der Waals surface area contributed by atoms with Gasteiger partial charge in [0, 0.05) is 24.5 Å². The van der Waals surface area contributed by atoms with Gasteiger partial charge >= 0.3 is 0 Å². The van der Waals surface area contributed by atoms with Crippen molar-refractivity contribution in [3.8, 4) is 0 Å². The summed E-state index contributed by atoms with van der Waals surface area (Å²) in [5.74, 6) is -0.285. The lowest BCUT2D eigenvalue weighted by atomic mass is 9.78. The summed E-state index contributed by atoms with van der Waals surface area (Å²) in [6.45, 7) is 2.57. The Hall–Kier alpha value is -1.10. The van der Waals surface area contributed by atoms with Crippen LogP contribution in [0.25, 0.3) is 0 Å². The minimum Gasteiger partial charge on any atom is -0.369 e. The van der Waals surface area contributed by atoms with E-state index in [2.05, 4.69) is 12.2 Å². The second-order valence-corrected chi connectivity index (χ2v) is 6.84. The number of piperidine rings is 1. The molecule has 1 saturated carbocycles. The van der Waals surface area contributed by atoms with E-state index in [0.29, 0.717) is 13.0 Å². The zero-order chi connectivity index (χ0) is 15.5. The van der Waals surface area contributed by atoms with E-state index in [1.165, 1.54) is 19.3 Å². The van der Waals surface area contributed by atoms with Crippen molar-refractivity contribution in [1.82, 2.24) is 10.2 Å². The Morgan fingerprint density at radius 2 is 1.90 bits per heavy atom. The molecule has 1 heterocycles. The zero-order valence-corrected chi connectivity index (χ0v) is 13.4. The van der Waals surface area contributed by atoms with Crippen molar-refractivity contribution < 1.29 is 9.59 Å². The molecule has 2 aliphatic rings. The Balaban J connectivity index is 2.01. The smallest absolute Gasteiger partial charge is 0.224 e. The van der Waals surface area contributed by atoms with Gasteiger partial charge in [-0.25, -0.2) is 0 Å². The van der Waals surface area contributed by atoms with Crippen LogP contribution in [0.2, 0.25) is 0 Å². The highest BCUT2D eigenvalue weighted by Crippen LogP contribution is 2.32. The summed E-state index contributed by atoms with van der Waals surface area (Å²) in [6, 6.07) is 0.214. The van der Waals surface area contributed by atoms with E-state index in [9.17, 15) is 9.59 Å². The summed E-state index contributed by atoms with van der Waals surface area (Å²) in [5.41, 5.74) is 5.38. The van der Waals surface area contributed by atoms with Crippen LogP contribution in [0.4, 0.5) is 0 Å². The minimum absolute atomic E-state index is 0.0469. The fourth-order valence-electron chi connectivity index (χ4n) is 3.82. The van der Waals surface area contributed by atoms with E-state index in [1.807, 2.05) is 11.9 Å². The van der Waals surface area contributed by atoms with Gasteiger partial charge in [-0.2, -0.15) is 0 Å². The quantitative estimate of drug-likeness (QED) is 0.823. The lowest BCUT2D eigenvalue weighted by molar-refractivity contribution is -0.139. The summed E-state index contributed by atoms with van der Waals surface area (Å²) in [6.07, 6.45) is 7.98. The van der Waals surface area contributed by atoms with Crippen LogP contribution in [0, 0.1) is 5.92 Å². The number of carbonyl (C=O) groups is 2. The summed E-state index contributed by atoms with van der Waals surface area (Å²) in [7, 11) is 1.96. The highest BCUT2D eigenvalue weighted by molar-refractivity contribution is 5.81. The van der Waals surface area contributed by atoms with Gasteiger partial charge in [-0.15, -0.1) is 0 Å². The van der Waals surface area contributed by atoms with Gasteiger partial charge < -0.3 is 16.0 Å². The number of nitrogens with zero attached hydrogens (tertiary/aromatic N) is 1. The third-order valence-electron chi connectivity index (χ3n) is 5.44. The third kappa shape index (κ3) is 3.76. The molecule has 1 aliphatic carbocycles. The number of carbonyl (C=O) groups excluding carboxylic acids is 2. The minimum atomic E-state index is -0.277. The van der Waals surface area contributed by atoms with Gasteiger partial charge in [0.1, 0.15) is 0 Å². The van der Waals surface area contributed by atoms with E-state index in [-0.39, 0.29) is 29.3 Å². The van der Waals surface area contributed by atoms with Crippen molar-refractivity contribution in [3.63, 3.8) is 0 Å². The van der Waals surface area contributed by atoms with Crippen molar-refractivity contribution in [3.05, 3.63) is 0 Å². The summed E-state index contributed by atoms with van der Waals surface area (Å²) in [4.78, 5) is 26.0. The highest BCUT2D eigenvalue weighted by Gasteiger charge is 2.37. The first-order valence-electron chi connectivity index (χ1n) is 8.25. The lowest BCUT2D eigenvalue weighted by Crippen LogP contribution is -2.53. The van der Waals surface area contributed by atoms with E-state index in [1.54, 1.807) is 0 Å². The SMILES string of the molecule is CNC1(CC(=O)N2CC(C(N)=O)CCC2C)CCCCC1. The number of nitrogens with two attached hydrogens (primary N) is 1. The molecule has 21 heavy (non-hydrogen) atoms. The number of primary amides is 1. The molecule has 5 heteroatoms. The molecule has 0 spiro atoms. The van der Waals surface area contributed by atoms with Crippen LogP contribution in [0.1, 0.15) is 58.3 Å². The Bertz CT molecular complexity index is 391. The number of hydrogen-bond donors (Lipinski definition) is 2. The molecular formula is C16H29N3O2. The van der Waals surface area contributed by atoms with Gasteiger partial charge in [0.15, 0.2) is 0 Å². The van der Waals surface area contributed by atoms with Crippen LogP contribution in [-0.2, 0) is 9.59 Å². The van der Waals surface area contributed by atoms with E-state index < -0.39 is 0 Å². The first kappa shape index (κ1) is 16.3. The van der Waals surface area contributed by atoms with Crippen LogP contribution >= 0.6 is 0 Å². The third-order valence-corrected chi connectivity index (χ3v) is 5.44. The maximum absolute atomic E-state index is 12.7. The molecule has 2 amide bonds. The number of amides is 2. The van der Waals surface area contributed by atoms with Crippen molar-refractivity contribution in [1.29, 1.82) is 0 Å². The molecule has 2 atom stereocenters. The lowest BCUT2D eigenvalue weighted by Gasteiger charge is -2.41. The summed E-state index contributed by atoms with van der Waals surface area (Å²) < 4.78 is 0. The summed E-state index contributed by atoms with van der Waals surface area (Å²) in [5, 5.41) is 3.40. The molecule has 2 rings (SSSR count). The molecule has 1 aliphatic heterocycles. The normalized spacial score (nSPS) is 29.1. The van der Waals surface area contributed by atoms with Gasteiger partial charge in [0.25, 0.3) is 0 Å². The number of likely N-dealkylation sites (tertiary alicyclic amines) is 1. The van der Waals surface area contributed by atoms with Gasteiger partial charge in [0.05, 0.1) is 5.92 Å². The number of hydrogen-bond acceptors (Lipinski definition) is 3. The van der Waals surface area contributed by atoms with Crippen LogP contribution in [0.15, 0.2) is 0 Å². The van der Waals surface area contributed by atoms with Crippen molar-refractivity contribution in [2.45, 2.75) is 69.9 Å². The molecule has 0 aromatic heterocycles. The monoisotopic (exact) mass is 295 g/mol. The molecule has 2 fully saturated rings. The Kier molecular flexibility index (Phi) is 5.25. The van der Waals surface area contributed by atoms with Gasteiger partial charge in [0.2, 0.25) is 11.8 Å². The fraction of sp³-hybridized carbons (Fsp3) is 0.875. The molecule has 0 radical (unpaired) electrons. The summed E-state index contributed by atoms with van der Waals surface area (Å²) >= 11 is 0. The average molecular weight is 295 g/mol. The fourth-order valence-corrected chi connectivity index (χ4v) is 3.82. The Morgan fingerprint density at radius 1 is 1.24 bits per heavy atom. The van der Waals surface area contributed by atoms with E-state index in [4.69, 9.17) is 5.73 Å². The molecule has 0 aromatic rings. The van der Waals surface area contributed by atoms with Gasteiger partial charge in [-0.3, -0.25) is 9.59 Å². The molecule has 1 saturated heterocycles. The molecule has 0 bridgehead atoms. The molecule has 120 valence electrons. The van der Waals surface area contributed by atoms with Crippen LogP contribution in [-0.4, -0.2) is 41.9 Å². The van der Waals surface area contributed by atoms with Gasteiger partial charge in [-0.05, 0) is 39.7 Å². The van der Waals surface area contributed by atoms with Crippen LogP contribution < -0.4 is 11.1 Å². The maximum Gasteiger partial charge on any atom is 0.224 e. The first-order chi connectivity index (χ1) is 9.97. The molecule has 3 N–H and O–H groups in total. The molecule has 0 aromatic carbocycles. The van der Waals surface area contributed by atoms with Crippen LogP contribution in [0.5, 0.6) is 0 Å². The number of nitrogens with one attached hydrogen (secondary N) is 1. The molecule has 2 unspecified atom stereocenters. The van der Waals surface area contributed by atoms with Crippen molar-refractivity contribution >= 4 is 11.8 Å². The first-order valence-corrected chi connectivity index (χ1v) is 8.25. The topological polar surface area (TPSA) is 75.4 Å². The van der Waals surface area contributed by atoms with Crippen LogP contribution in [0.3, 0.4) is 0 Å². The number of rotatable bonds is 4. The second kappa shape index (κ2) is 6.77. The van der Waals surface area contributed by atoms with Gasteiger partial charge in [-0.1, -0.05) is 19.3 Å². The second-order valence-electron chi connectivity index (χ2n) is 6.84. The predicted octanol–water partition coefficient (Wildman–Crippen LogP) is 1.41. The maximum atomic E-state index is 12.7. The predicted molar refractivity (Wildman–Crippen MR) is 82.6 cm³/mol. The molecular weight excluding hydrogens is 266 g/mol. The standard InChI is InChI=1S/C16H29N3O2/c1-12-6-7-13(15(17)21)11-19(12)14(20)10-16(18-2)8-4-3-5-9-16/h12-13,18H,3-11H2,1-2H3,(H2,17,21). The van der Waals surface area contributed by atoms with Crippen molar-refractivity contribution in [2.75, 3.05) is 13.6 Å². The van der Waals surface area contributed by atoms with E-state index >= 15 is 0 Å². The molecule has 5 nitrogen and oxygen atoms in total. The van der Waals surface area contributed by atoms with Crippen molar-refractivity contribution in [2.24, 2.45) is 11.7 Å². The average Bonchev–Trinajstić information content (AvgIpc) is 2.48. The zero-order valence-electron chi connectivity index (χ0n) is 13.4. The van der Waals surface area contributed by atoms with E-state index in [0.717, 1.165) is 25.7 Å². The largest absolute Gasteiger partial charge is 0.369 e. The Labute approximate surface area is 127 Å². The Morgan fingerprint density at radius 3 is 2.48 bits per heavy atom.